The Morgan fingerprint density at radius 3 is 2.86 bits per heavy atom. The van der Waals surface area contributed by atoms with Crippen LogP contribution in [-0.2, 0) is 0 Å². The predicted molar refractivity (Wildman–Crippen MR) is 67.0 cm³/mol. The zero-order chi connectivity index (χ0) is 10.2. The molecule has 1 saturated carbocycles. The van der Waals surface area contributed by atoms with E-state index in [1.54, 1.807) is 0 Å². The molecular formula is C12H25NS. The molecule has 0 heterocycles. The van der Waals surface area contributed by atoms with Crippen LogP contribution >= 0.6 is 11.8 Å². The van der Waals surface area contributed by atoms with Crippen molar-refractivity contribution in [3.05, 3.63) is 0 Å². The first kappa shape index (κ1) is 12.4. The zero-order valence-electron chi connectivity index (χ0n) is 9.72. The Hall–Kier alpha value is 0.310. The monoisotopic (exact) mass is 215 g/mol. The lowest BCUT2D eigenvalue weighted by molar-refractivity contribution is 0.479. The van der Waals surface area contributed by atoms with Gasteiger partial charge in [-0.15, -0.1) is 0 Å². The Bertz CT molecular complexity index is 138. The summed E-state index contributed by atoms with van der Waals surface area (Å²) in [6.45, 7) is 5.71. The molecule has 1 fully saturated rings. The summed E-state index contributed by atoms with van der Waals surface area (Å²) in [5.74, 6) is 3.68. The third-order valence-electron chi connectivity index (χ3n) is 3.10. The maximum Gasteiger partial charge on any atom is 0.00698 e. The van der Waals surface area contributed by atoms with Crippen LogP contribution in [0.4, 0.5) is 0 Å². The third kappa shape index (κ3) is 4.70. The molecule has 2 atom stereocenters. The molecule has 0 aliphatic heterocycles. The van der Waals surface area contributed by atoms with Gasteiger partial charge in [-0.1, -0.05) is 13.8 Å². The van der Waals surface area contributed by atoms with E-state index in [0.29, 0.717) is 0 Å². The second-order valence-corrected chi connectivity index (χ2v) is 5.71. The summed E-state index contributed by atoms with van der Waals surface area (Å²) in [5, 5.41) is 3.64. The summed E-state index contributed by atoms with van der Waals surface area (Å²) in [6, 6.07) is 0.839. The molecule has 0 spiro atoms. The van der Waals surface area contributed by atoms with Gasteiger partial charge in [-0.05, 0) is 56.1 Å². The van der Waals surface area contributed by atoms with E-state index in [2.05, 4.69) is 30.9 Å². The first-order valence-electron chi connectivity index (χ1n) is 6.18. The summed E-state index contributed by atoms with van der Waals surface area (Å²) < 4.78 is 0. The molecule has 1 rings (SSSR count). The van der Waals surface area contributed by atoms with Gasteiger partial charge in [0.25, 0.3) is 0 Å². The number of thioether (sulfide) groups is 1. The molecule has 0 saturated heterocycles. The minimum atomic E-state index is 0.839. The summed E-state index contributed by atoms with van der Waals surface area (Å²) in [5.41, 5.74) is 0. The molecular weight excluding hydrogens is 190 g/mol. The molecule has 1 nitrogen and oxygen atoms in total. The van der Waals surface area contributed by atoms with Gasteiger partial charge in [0.05, 0.1) is 0 Å². The lowest BCUT2D eigenvalue weighted by atomic mass is 10.1. The van der Waals surface area contributed by atoms with Crippen LogP contribution in [0.2, 0.25) is 0 Å². The molecule has 1 aliphatic rings. The van der Waals surface area contributed by atoms with Crippen LogP contribution in [0, 0.1) is 5.92 Å². The molecule has 0 amide bonds. The highest BCUT2D eigenvalue weighted by molar-refractivity contribution is 7.99. The van der Waals surface area contributed by atoms with Crippen molar-refractivity contribution in [3.63, 3.8) is 0 Å². The minimum Gasteiger partial charge on any atom is -0.314 e. The quantitative estimate of drug-likeness (QED) is 0.654. The Morgan fingerprint density at radius 1 is 1.29 bits per heavy atom. The second kappa shape index (κ2) is 7.58. The van der Waals surface area contributed by atoms with Gasteiger partial charge in [0, 0.05) is 6.04 Å². The first-order valence-corrected chi connectivity index (χ1v) is 7.33. The van der Waals surface area contributed by atoms with Crippen LogP contribution in [-0.4, -0.2) is 24.1 Å². The summed E-state index contributed by atoms with van der Waals surface area (Å²) in [7, 11) is 0. The molecule has 2 unspecified atom stereocenters. The van der Waals surface area contributed by atoms with Gasteiger partial charge in [-0.25, -0.2) is 0 Å². The molecule has 2 heteroatoms. The Kier molecular flexibility index (Phi) is 6.70. The largest absolute Gasteiger partial charge is 0.314 e. The van der Waals surface area contributed by atoms with Gasteiger partial charge in [0.1, 0.15) is 0 Å². The summed E-state index contributed by atoms with van der Waals surface area (Å²) in [6.07, 6.45) is 7.03. The Balaban J connectivity index is 2.02. The topological polar surface area (TPSA) is 12.0 Å². The van der Waals surface area contributed by atoms with Crippen molar-refractivity contribution in [2.45, 2.75) is 52.0 Å². The lowest BCUT2D eigenvalue weighted by Crippen LogP contribution is -2.27. The molecule has 84 valence electrons. The standard InChI is InChI=1S/C12H25NS/c1-3-8-13-12-6-5-11(10-12)7-9-14-4-2/h11-13H,3-10H2,1-2H3. The predicted octanol–water partition coefficient (Wildman–Crippen LogP) is 3.30. The smallest absolute Gasteiger partial charge is 0.00698 e. The van der Waals surface area contributed by atoms with Crippen LogP contribution < -0.4 is 5.32 Å². The van der Waals surface area contributed by atoms with E-state index in [1.807, 2.05) is 0 Å². The van der Waals surface area contributed by atoms with Gasteiger partial charge in [0.15, 0.2) is 0 Å². The molecule has 0 aromatic carbocycles. The van der Waals surface area contributed by atoms with Gasteiger partial charge < -0.3 is 5.32 Å². The van der Waals surface area contributed by atoms with E-state index >= 15 is 0 Å². The minimum absolute atomic E-state index is 0.839. The van der Waals surface area contributed by atoms with Crippen LogP contribution in [0.3, 0.4) is 0 Å². The number of hydrogen-bond donors (Lipinski definition) is 1. The van der Waals surface area contributed by atoms with Gasteiger partial charge >= 0.3 is 0 Å². The van der Waals surface area contributed by atoms with Crippen molar-refractivity contribution in [2.24, 2.45) is 5.92 Å². The molecule has 0 bridgehead atoms. The zero-order valence-corrected chi connectivity index (χ0v) is 10.5. The maximum atomic E-state index is 3.64. The molecule has 0 aromatic heterocycles. The Morgan fingerprint density at radius 2 is 2.14 bits per heavy atom. The first-order chi connectivity index (χ1) is 6.86. The summed E-state index contributed by atoms with van der Waals surface area (Å²) in [4.78, 5) is 0. The van der Waals surface area contributed by atoms with Crippen molar-refractivity contribution in [3.8, 4) is 0 Å². The highest BCUT2D eigenvalue weighted by Crippen LogP contribution is 2.29. The number of hydrogen-bond acceptors (Lipinski definition) is 2. The van der Waals surface area contributed by atoms with Crippen LogP contribution in [0.5, 0.6) is 0 Å². The fourth-order valence-corrected chi connectivity index (χ4v) is 3.05. The van der Waals surface area contributed by atoms with Crippen molar-refractivity contribution < 1.29 is 0 Å². The molecule has 1 N–H and O–H groups in total. The van der Waals surface area contributed by atoms with Gasteiger partial charge in [-0.3, -0.25) is 0 Å². The van der Waals surface area contributed by atoms with E-state index < -0.39 is 0 Å². The summed E-state index contributed by atoms with van der Waals surface area (Å²) >= 11 is 2.09. The van der Waals surface area contributed by atoms with E-state index in [0.717, 1.165) is 12.0 Å². The van der Waals surface area contributed by atoms with Crippen LogP contribution in [0.25, 0.3) is 0 Å². The molecule has 0 aromatic rings. The number of nitrogens with one attached hydrogen (secondary N) is 1. The van der Waals surface area contributed by atoms with Crippen molar-refractivity contribution in [1.29, 1.82) is 0 Å². The molecule has 0 radical (unpaired) electrons. The van der Waals surface area contributed by atoms with E-state index in [1.165, 1.54) is 50.2 Å². The number of rotatable bonds is 7. The second-order valence-electron chi connectivity index (χ2n) is 4.32. The lowest BCUT2D eigenvalue weighted by Gasteiger charge is -2.12. The van der Waals surface area contributed by atoms with Crippen LogP contribution in [0.15, 0.2) is 0 Å². The molecule has 1 aliphatic carbocycles. The van der Waals surface area contributed by atoms with Crippen molar-refractivity contribution in [2.75, 3.05) is 18.1 Å². The van der Waals surface area contributed by atoms with E-state index in [-0.39, 0.29) is 0 Å². The van der Waals surface area contributed by atoms with Crippen LogP contribution in [0.1, 0.15) is 46.0 Å². The maximum absolute atomic E-state index is 3.64. The highest BCUT2D eigenvalue weighted by Gasteiger charge is 2.23. The van der Waals surface area contributed by atoms with Gasteiger partial charge in [0.2, 0.25) is 0 Å². The van der Waals surface area contributed by atoms with E-state index in [4.69, 9.17) is 0 Å². The third-order valence-corrected chi connectivity index (χ3v) is 4.03. The Labute approximate surface area is 93.4 Å². The normalized spacial score (nSPS) is 27.0. The fraction of sp³-hybridized carbons (Fsp3) is 1.00. The average molecular weight is 215 g/mol. The highest BCUT2D eigenvalue weighted by atomic mass is 32.2. The van der Waals surface area contributed by atoms with Crippen molar-refractivity contribution >= 4 is 11.8 Å². The average Bonchev–Trinajstić information content (AvgIpc) is 2.63. The fourth-order valence-electron chi connectivity index (χ4n) is 2.27. The molecule has 14 heavy (non-hydrogen) atoms. The SMILES string of the molecule is CCCNC1CCC(CCSCC)C1. The van der Waals surface area contributed by atoms with Gasteiger partial charge in [-0.2, -0.15) is 11.8 Å². The van der Waals surface area contributed by atoms with E-state index in [9.17, 15) is 0 Å². The van der Waals surface area contributed by atoms with Crippen molar-refractivity contribution in [1.82, 2.24) is 5.32 Å².